The molecule has 2 heteroatoms. The fourth-order valence-electron chi connectivity index (χ4n) is 3.10. The second-order valence-corrected chi connectivity index (χ2v) is 7.04. The average molecular weight is 254 g/mol. The van der Waals surface area contributed by atoms with Gasteiger partial charge in [-0.05, 0) is 56.7 Å². The van der Waals surface area contributed by atoms with Crippen LogP contribution in [0.2, 0.25) is 0 Å². The first-order valence-electron chi connectivity index (χ1n) is 7.93. The number of rotatable bonds is 7. The minimum absolute atomic E-state index is 0.633. The molecule has 0 aromatic rings. The Hall–Kier alpha value is -0.0800. The Morgan fingerprint density at radius 1 is 1.06 bits per heavy atom. The van der Waals surface area contributed by atoms with Crippen molar-refractivity contribution in [1.82, 2.24) is 10.2 Å². The number of nitrogens with zero attached hydrogens (tertiary/aromatic N) is 1. The van der Waals surface area contributed by atoms with Crippen molar-refractivity contribution in [3.63, 3.8) is 0 Å². The average Bonchev–Trinajstić information content (AvgIpc) is 2.26. The smallest absolute Gasteiger partial charge is 0.00104 e. The SMILES string of the molecule is CC(C)CC(C)CN1CCC(CNC(C)C)CC1. The van der Waals surface area contributed by atoms with Crippen LogP contribution in [0.5, 0.6) is 0 Å². The molecule has 0 aliphatic carbocycles. The van der Waals surface area contributed by atoms with Crippen LogP contribution >= 0.6 is 0 Å². The van der Waals surface area contributed by atoms with Crippen molar-refractivity contribution in [2.75, 3.05) is 26.2 Å². The first-order valence-corrected chi connectivity index (χ1v) is 7.93. The van der Waals surface area contributed by atoms with E-state index in [1.807, 2.05) is 0 Å². The standard InChI is InChI=1S/C16H34N2/c1-13(2)10-15(5)12-18-8-6-16(7-9-18)11-17-14(3)4/h13-17H,6-12H2,1-5H3. The second kappa shape index (κ2) is 8.16. The number of nitrogens with one attached hydrogen (secondary N) is 1. The summed E-state index contributed by atoms with van der Waals surface area (Å²) in [4.78, 5) is 2.68. The largest absolute Gasteiger partial charge is 0.314 e. The van der Waals surface area contributed by atoms with Crippen LogP contribution in [0.1, 0.15) is 53.9 Å². The predicted molar refractivity (Wildman–Crippen MR) is 80.9 cm³/mol. The molecule has 0 spiro atoms. The predicted octanol–water partition coefficient (Wildman–Crippen LogP) is 3.38. The molecule has 1 aliphatic heterocycles. The zero-order valence-corrected chi connectivity index (χ0v) is 13.2. The second-order valence-electron chi connectivity index (χ2n) is 7.04. The first-order chi connectivity index (χ1) is 8.47. The molecule has 1 aliphatic rings. The molecule has 0 radical (unpaired) electrons. The van der Waals surface area contributed by atoms with E-state index in [2.05, 4.69) is 44.8 Å². The van der Waals surface area contributed by atoms with Gasteiger partial charge in [-0.1, -0.05) is 34.6 Å². The number of likely N-dealkylation sites (tertiary alicyclic amines) is 1. The van der Waals surface area contributed by atoms with E-state index in [9.17, 15) is 0 Å². The number of hydrogen-bond acceptors (Lipinski definition) is 2. The van der Waals surface area contributed by atoms with E-state index in [0.29, 0.717) is 6.04 Å². The van der Waals surface area contributed by atoms with Crippen LogP contribution < -0.4 is 5.32 Å². The summed E-state index contributed by atoms with van der Waals surface area (Å²) in [6, 6.07) is 0.633. The van der Waals surface area contributed by atoms with Gasteiger partial charge in [0.25, 0.3) is 0 Å². The zero-order chi connectivity index (χ0) is 13.5. The first kappa shape index (κ1) is 16.0. The topological polar surface area (TPSA) is 15.3 Å². The van der Waals surface area contributed by atoms with E-state index in [-0.39, 0.29) is 0 Å². The lowest BCUT2D eigenvalue weighted by Gasteiger charge is -2.34. The summed E-state index contributed by atoms with van der Waals surface area (Å²) in [6.45, 7) is 16.7. The van der Waals surface area contributed by atoms with E-state index in [0.717, 1.165) is 17.8 Å². The fraction of sp³-hybridized carbons (Fsp3) is 1.00. The third kappa shape index (κ3) is 6.75. The molecule has 1 rings (SSSR count). The van der Waals surface area contributed by atoms with E-state index < -0.39 is 0 Å². The van der Waals surface area contributed by atoms with Crippen LogP contribution in [0, 0.1) is 17.8 Å². The van der Waals surface area contributed by atoms with Crippen molar-refractivity contribution in [3.05, 3.63) is 0 Å². The minimum atomic E-state index is 0.633. The van der Waals surface area contributed by atoms with E-state index in [1.54, 1.807) is 0 Å². The van der Waals surface area contributed by atoms with Crippen molar-refractivity contribution in [1.29, 1.82) is 0 Å². The van der Waals surface area contributed by atoms with Gasteiger partial charge in [-0.15, -0.1) is 0 Å². The van der Waals surface area contributed by atoms with Gasteiger partial charge < -0.3 is 10.2 Å². The van der Waals surface area contributed by atoms with Crippen LogP contribution in [-0.4, -0.2) is 37.1 Å². The quantitative estimate of drug-likeness (QED) is 0.749. The molecule has 0 aromatic carbocycles. The van der Waals surface area contributed by atoms with Crippen molar-refractivity contribution in [3.8, 4) is 0 Å². The summed E-state index contributed by atoms with van der Waals surface area (Å²) in [5.74, 6) is 2.60. The summed E-state index contributed by atoms with van der Waals surface area (Å²) < 4.78 is 0. The monoisotopic (exact) mass is 254 g/mol. The van der Waals surface area contributed by atoms with Crippen LogP contribution in [0.25, 0.3) is 0 Å². The number of piperidine rings is 1. The van der Waals surface area contributed by atoms with Gasteiger partial charge >= 0.3 is 0 Å². The van der Waals surface area contributed by atoms with Gasteiger partial charge in [0.15, 0.2) is 0 Å². The van der Waals surface area contributed by atoms with Gasteiger partial charge in [0, 0.05) is 12.6 Å². The number of hydrogen-bond donors (Lipinski definition) is 1. The third-order valence-electron chi connectivity index (χ3n) is 3.97. The molecule has 1 N–H and O–H groups in total. The van der Waals surface area contributed by atoms with Crippen LogP contribution in [-0.2, 0) is 0 Å². The van der Waals surface area contributed by atoms with Gasteiger partial charge in [0.05, 0.1) is 0 Å². The van der Waals surface area contributed by atoms with Gasteiger partial charge in [0.2, 0.25) is 0 Å². The molecule has 1 unspecified atom stereocenters. The molecule has 18 heavy (non-hydrogen) atoms. The Balaban J connectivity index is 2.15. The summed E-state index contributed by atoms with van der Waals surface area (Å²) >= 11 is 0. The molecular weight excluding hydrogens is 220 g/mol. The van der Waals surface area contributed by atoms with E-state index in [4.69, 9.17) is 0 Å². The Kier molecular flexibility index (Phi) is 7.25. The molecular formula is C16H34N2. The Bertz CT molecular complexity index is 205. The van der Waals surface area contributed by atoms with Gasteiger partial charge in [0.1, 0.15) is 0 Å². The lowest BCUT2D eigenvalue weighted by molar-refractivity contribution is 0.155. The third-order valence-corrected chi connectivity index (χ3v) is 3.97. The van der Waals surface area contributed by atoms with Crippen LogP contribution in [0.15, 0.2) is 0 Å². The summed E-state index contributed by atoms with van der Waals surface area (Å²) in [5.41, 5.74) is 0. The normalized spacial score (nSPS) is 20.8. The molecule has 108 valence electrons. The maximum atomic E-state index is 3.58. The maximum absolute atomic E-state index is 3.58. The van der Waals surface area contributed by atoms with Crippen molar-refractivity contribution < 1.29 is 0 Å². The molecule has 0 bridgehead atoms. The summed E-state index contributed by atoms with van der Waals surface area (Å²) in [7, 11) is 0. The molecule has 1 heterocycles. The molecule has 0 aromatic heterocycles. The van der Waals surface area contributed by atoms with Gasteiger partial charge in [-0.2, -0.15) is 0 Å². The highest BCUT2D eigenvalue weighted by Gasteiger charge is 2.20. The van der Waals surface area contributed by atoms with Gasteiger partial charge in [-0.3, -0.25) is 0 Å². The fourth-order valence-corrected chi connectivity index (χ4v) is 3.10. The lowest BCUT2D eigenvalue weighted by Crippen LogP contribution is -2.40. The molecule has 0 amide bonds. The van der Waals surface area contributed by atoms with Crippen LogP contribution in [0.3, 0.4) is 0 Å². The molecule has 2 nitrogen and oxygen atoms in total. The van der Waals surface area contributed by atoms with Crippen molar-refractivity contribution in [2.24, 2.45) is 17.8 Å². The molecule has 0 saturated carbocycles. The summed E-state index contributed by atoms with van der Waals surface area (Å²) in [5, 5.41) is 3.58. The highest BCUT2D eigenvalue weighted by atomic mass is 15.1. The highest BCUT2D eigenvalue weighted by Crippen LogP contribution is 2.19. The molecule has 1 atom stereocenters. The van der Waals surface area contributed by atoms with Gasteiger partial charge in [-0.25, -0.2) is 0 Å². The van der Waals surface area contributed by atoms with Crippen molar-refractivity contribution >= 4 is 0 Å². The highest BCUT2D eigenvalue weighted by molar-refractivity contribution is 4.75. The summed E-state index contributed by atoms with van der Waals surface area (Å²) in [6.07, 6.45) is 4.14. The Morgan fingerprint density at radius 2 is 1.67 bits per heavy atom. The van der Waals surface area contributed by atoms with E-state index >= 15 is 0 Å². The zero-order valence-electron chi connectivity index (χ0n) is 13.2. The lowest BCUT2D eigenvalue weighted by atomic mass is 9.94. The van der Waals surface area contributed by atoms with Crippen LogP contribution in [0.4, 0.5) is 0 Å². The molecule has 1 saturated heterocycles. The van der Waals surface area contributed by atoms with E-state index in [1.165, 1.54) is 45.4 Å². The Morgan fingerprint density at radius 3 is 2.17 bits per heavy atom. The minimum Gasteiger partial charge on any atom is -0.314 e. The van der Waals surface area contributed by atoms with Crippen molar-refractivity contribution in [2.45, 2.75) is 59.9 Å². The Labute approximate surface area is 115 Å². The maximum Gasteiger partial charge on any atom is 0.00104 e. The molecule has 1 fully saturated rings.